The summed E-state index contributed by atoms with van der Waals surface area (Å²) in [4.78, 5) is 39.8. The van der Waals surface area contributed by atoms with E-state index in [0.29, 0.717) is 43.2 Å². The number of fused-ring (bicyclic) bond motifs is 1. The van der Waals surface area contributed by atoms with Crippen molar-refractivity contribution < 1.29 is 47.5 Å². The smallest absolute Gasteiger partial charge is 0.339 e. The number of aryl methyl sites for hydroxylation is 1. The fraction of sp³-hybridized carbons (Fsp3) is 0.548. The number of nitrogens with one attached hydrogen (secondary N) is 2. The van der Waals surface area contributed by atoms with Gasteiger partial charge in [-0.3, -0.25) is 4.79 Å². The summed E-state index contributed by atoms with van der Waals surface area (Å²) in [6.07, 6.45) is 1.83. The lowest BCUT2D eigenvalue weighted by molar-refractivity contribution is -0.187. The highest BCUT2D eigenvalue weighted by Crippen LogP contribution is 2.40. The minimum Gasteiger partial charge on any atom is -0.493 e. The summed E-state index contributed by atoms with van der Waals surface area (Å²) in [7, 11) is 4.66. The summed E-state index contributed by atoms with van der Waals surface area (Å²) >= 11 is 0. The van der Waals surface area contributed by atoms with Crippen LogP contribution in [0.2, 0.25) is 0 Å². The SMILES string of the molecule is COc1cc(NCCCCOC(C(=O)NCCCCCc2ccc3ccccc3c2)C(OCC(=O)OC(C)(C)C)C(=O)OC(C)(C)C)cc(OC)c1OC. The number of anilines is 1. The van der Waals surface area contributed by atoms with E-state index < -0.39 is 47.9 Å². The van der Waals surface area contributed by atoms with Crippen LogP contribution in [0.25, 0.3) is 10.8 Å². The van der Waals surface area contributed by atoms with Gasteiger partial charge in [0.15, 0.2) is 23.7 Å². The lowest BCUT2D eigenvalue weighted by Crippen LogP contribution is -2.51. The van der Waals surface area contributed by atoms with E-state index >= 15 is 0 Å². The van der Waals surface area contributed by atoms with Gasteiger partial charge in [-0.1, -0.05) is 48.9 Å². The molecule has 0 aliphatic rings. The molecule has 3 aromatic rings. The van der Waals surface area contributed by atoms with Crippen molar-refractivity contribution in [1.82, 2.24) is 5.32 Å². The van der Waals surface area contributed by atoms with Crippen LogP contribution in [0.3, 0.4) is 0 Å². The maximum Gasteiger partial charge on any atom is 0.339 e. The van der Waals surface area contributed by atoms with Gasteiger partial charge in [0.25, 0.3) is 5.91 Å². The third-order valence-corrected chi connectivity index (χ3v) is 8.09. The van der Waals surface area contributed by atoms with E-state index in [4.69, 9.17) is 33.2 Å². The van der Waals surface area contributed by atoms with Crippen molar-refractivity contribution >= 4 is 34.3 Å². The van der Waals surface area contributed by atoms with Crippen LogP contribution in [0.15, 0.2) is 54.6 Å². The van der Waals surface area contributed by atoms with E-state index in [1.54, 1.807) is 62.9 Å². The Hall–Kier alpha value is -4.55. The number of ether oxygens (including phenoxy) is 7. The molecule has 0 aliphatic heterocycles. The Labute approximate surface area is 320 Å². The van der Waals surface area contributed by atoms with Crippen molar-refractivity contribution in [3.8, 4) is 17.2 Å². The quantitative estimate of drug-likeness (QED) is 0.0807. The van der Waals surface area contributed by atoms with Gasteiger partial charge < -0.3 is 43.8 Å². The lowest BCUT2D eigenvalue weighted by atomic mass is 10.0. The molecule has 0 radical (unpaired) electrons. The Morgan fingerprint density at radius 1 is 0.667 bits per heavy atom. The van der Waals surface area contributed by atoms with E-state index in [9.17, 15) is 14.4 Å². The number of rotatable bonds is 22. The first-order valence-corrected chi connectivity index (χ1v) is 18.6. The van der Waals surface area contributed by atoms with Crippen LogP contribution in [0.1, 0.15) is 79.2 Å². The fourth-order valence-electron chi connectivity index (χ4n) is 5.66. The molecule has 12 heteroatoms. The Bertz CT molecular complexity index is 1620. The zero-order chi connectivity index (χ0) is 39.7. The highest BCUT2D eigenvalue weighted by atomic mass is 16.6. The Morgan fingerprint density at radius 2 is 1.31 bits per heavy atom. The normalized spacial score (nSPS) is 12.8. The van der Waals surface area contributed by atoms with Gasteiger partial charge in [-0.25, -0.2) is 9.59 Å². The van der Waals surface area contributed by atoms with Gasteiger partial charge >= 0.3 is 11.9 Å². The van der Waals surface area contributed by atoms with Gasteiger partial charge in [-0.05, 0) is 90.0 Å². The lowest BCUT2D eigenvalue weighted by Gasteiger charge is -2.29. The minimum absolute atomic E-state index is 0.135. The summed E-state index contributed by atoms with van der Waals surface area (Å²) in [6, 6.07) is 18.4. The molecule has 3 rings (SSSR count). The number of amides is 1. The van der Waals surface area contributed by atoms with Crippen molar-refractivity contribution in [3.05, 3.63) is 60.2 Å². The van der Waals surface area contributed by atoms with Crippen LogP contribution in [0, 0.1) is 0 Å². The molecule has 0 fully saturated rings. The fourth-order valence-corrected chi connectivity index (χ4v) is 5.66. The molecular weight excluding hydrogens is 692 g/mol. The van der Waals surface area contributed by atoms with Gasteiger partial charge in [-0.15, -0.1) is 0 Å². The second-order valence-corrected chi connectivity index (χ2v) is 15.0. The molecule has 54 heavy (non-hydrogen) atoms. The van der Waals surface area contributed by atoms with Gasteiger partial charge in [-0.2, -0.15) is 0 Å². The van der Waals surface area contributed by atoms with Crippen molar-refractivity contribution in [1.29, 1.82) is 0 Å². The summed E-state index contributed by atoms with van der Waals surface area (Å²) in [6.45, 7) is 10.8. The van der Waals surface area contributed by atoms with E-state index in [1.807, 2.05) is 24.3 Å². The number of benzene rings is 3. The monoisotopic (exact) mass is 752 g/mol. The largest absolute Gasteiger partial charge is 0.493 e. The molecule has 1 amide bonds. The molecule has 2 unspecified atom stereocenters. The number of esters is 2. The molecular formula is C42H60N2O10. The predicted molar refractivity (Wildman–Crippen MR) is 210 cm³/mol. The molecule has 0 saturated heterocycles. The van der Waals surface area contributed by atoms with E-state index in [2.05, 4.69) is 41.0 Å². The number of methoxy groups -OCH3 is 3. The molecule has 0 aliphatic carbocycles. The summed E-state index contributed by atoms with van der Waals surface area (Å²) < 4.78 is 39.2. The van der Waals surface area contributed by atoms with Gasteiger partial charge in [0, 0.05) is 37.5 Å². The van der Waals surface area contributed by atoms with Crippen LogP contribution in [-0.4, -0.2) is 88.9 Å². The molecule has 2 N–H and O–H groups in total. The Kier molecular flexibility index (Phi) is 17.4. The first-order valence-electron chi connectivity index (χ1n) is 18.6. The van der Waals surface area contributed by atoms with Crippen LogP contribution >= 0.6 is 0 Å². The molecule has 298 valence electrons. The van der Waals surface area contributed by atoms with Crippen molar-refractivity contribution in [2.24, 2.45) is 0 Å². The van der Waals surface area contributed by atoms with Gasteiger partial charge in [0.2, 0.25) is 5.75 Å². The molecule has 0 bridgehead atoms. The zero-order valence-electron chi connectivity index (χ0n) is 33.5. The van der Waals surface area contributed by atoms with Crippen molar-refractivity contribution in [2.45, 2.75) is 103 Å². The summed E-state index contributed by atoms with van der Waals surface area (Å²) in [5.41, 5.74) is 0.405. The first kappa shape index (κ1) is 43.9. The van der Waals surface area contributed by atoms with Gasteiger partial charge in [0.1, 0.15) is 17.8 Å². The molecule has 0 aromatic heterocycles. The average molecular weight is 753 g/mol. The van der Waals surface area contributed by atoms with E-state index in [1.165, 1.54) is 16.3 Å². The molecule has 0 saturated carbocycles. The molecule has 0 spiro atoms. The van der Waals surface area contributed by atoms with Gasteiger partial charge in [0.05, 0.1) is 21.3 Å². The Balaban J connectivity index is 1.63. The molecule has 3 aromatic carbocycles. The topological polar surface area (TPSA) is 140 Å². The van der Waals surface area contributed by atoms with Crippen LogP contribution in [0.4, 0.5) is 5.69 Å². The van der Waals surface area contributed by atoms with E-state index in [-0.39, 0.29) is 6.61 Å². The minimum atomic E-state index is -1.51. The third kappa shape index (κ3) is 15.1. The maximum atomic E-state index is 13.7. The second kappa shape index (κ2) is 21.4. The van der Waals surface area contributed by atoms with Crippen molar-refractivity contribution in [3.63, 3.8) is 0 Å². The summed E-state index contributed by atoms with van der Waals surface area (Å²) in [5, 5.41) is 8.69. The van der Waals surface area contributed by atoms with Crippen LogP contribution < -0.4 is 24.8 Å². The summed E-state index contributed by atoms with van der Waals surface area (Å²) in [5.74, 6) is -0.468. The molecule has 12 nitrogen and oxygen atoms in total. The highest BCUT2D eigenvalue weighted by molar-refractivity contribution is 5.89. The van der Waals surface area contributed by atoms with E-state index in [0.717, 1.165) is 31.4 Å². The van der Waals surface area contributed by atoms with Crippen LogP contribution in [0.5, 0.6) is 17.2 Å². The number of carbonyl (C=O) groups excluding carboxylic acids is 3. The highest BCUT2D eigenvalue weighted by Gasteiger charge is 2.39. The molecule has 2 atom stereocenters. The van der Waals surface area contributed by atoms with Crippen LogP contribution in [-0.2, 0) is 39.8 Å². The third-order valence-electron chi connectivity index (χ3n) is 8.09. The predicted octanol–water partition coefficient (Wildman–Crippen LogP) is 7.04. The van der Waals surface area contributed by atoms with Crippen molar-refractivity contribution in [2.75, 3.05) is 52.9 Å². The standard InChI is InChI=1S/C42H60N2O10/c1-41(2,3)53-35(45)28-52-38(40(47)54-42(4,5)6)37(51-24-16-15-22-43-32-26-33(48-7)36(50-9)34(27-32)49-8)39(46)44-23-14-10-11-17-29-20-21-30-18-12-13-19-31(30)25-29/h12-13,18-21,25-27,37-38,43H,10-11,14-17,22-24,28H2,1-9H3,(H,44,46). The number of carbonyl (C=O) groups is 3. The molecule has 0 heterocycles. The average Bonchev–Trinajstić information content (AvgIpc) is 3.11. The maximum absolute atomic E-state index is 13.7. The number of hydrogen-bond donors (Lipinski definition) is 2. The zero-order valence-corrected chi connectivity index (χ0v) is 33.5. The number of unbranched alkanes of at least 4 members (excludes halogenated alkanes) is 3. The second-order valence-electron chi connectivity index (χ2n) is 15.0. The first-order chi connectivity index (χ1) is 25.6. The number of hydrogen-bond acceptors (Lipinski definition) is 11. The Morgan fingerprint density at radius 3 is 1.94 bits per heavy atom.